The fraction of sp³-hybridized carbons (Fsp3) is 0.200. The number of rotatable bonds is 8. The fourth-order valence-electron chi connectivity index (χ4n) is 2.46. The van der Waals surface area contributed by atoms with Crippen LogP contribution < -0.4 is 10.1 Å². The number of amides is 1. The number of nitrogens with one attached hydrogen (secondary N) is 1. The van der Waals surface area contributed by atoms with Gasteiger partial charge in [-0.25, -0.2) is 0 Å². The molecule has 0 aliphatic heterocycles. The van der Waals surface area contributed by atoms with Crippen LogP contribution in [0.4, 0.5) is 0 Å². The second kappa shape index (κ2) is 9.31. The lowest BCUT2D eigenvalue weighted by atomic mass is 10.1. The van der Waals surface area contributed by atoms with E-state index in [9.17, 15) is 9.59 Å². The summed E-state index contributed by atoms with van der Waals surface area (Å²) in [5.41, 5.74) is 1.53. The molecule has 0 spiro atoms. The first-order valence-electron chi connectivity index (χ1n) is 8.58. The molecular formula is C20H19N3O5. The second-order valence-electron chi connectivity index (χ2n) is 5.81. The van der Waals surface area contributed by atoms with Crippen molar-refractivity contribution in [3.05, 3.63) is 66.1 Å². The smallest absolute Gasteiger partial charge is 0.325 e. The molecule has 0 aliphatic carbocycles. The quantitative estimate of drug-likeness (QED) is 0.596. The van der Waals surface area contributed by atoms with Gasteiger partial charge < -0.3 is 19.3 Å². The summed E-state index contributed by atoms with van der Waals surface area (Å²) >= 11 is 0. The molecule has 0 atom stereocenters. The first-order chi connectivity index (χ1) is 13.7. The van der Waals surface area contributed by atoms with E-state index in [2.05, 4.69) is 15.5 Å². The minimum Gasteiger partial charge on any atom is -0.496 e. The highest BCUT2D eigenvalue weighted by Gasteiger charge is 2.14. The number of carbonyl (C=O) groups excluding carboxylic acids is 2. The first-order valence-corrected chi connectivity index (χ1v) is 8.58. The van der Waals surface area contributed by atoms with Crippen LogP contribution in [0.1, 0.15) is 11.5 Å². The molecule has 0 saturated carbocycles. The number of esters is 1. The van der Waals surface area contributed by atoms with Crippen molar-refractivity contribution in [2.24, 2.45) is 0 Å². The second-order valence-corrected chi connectivity index (χ2v) is 5.81. The summed E-state index contributed by atoms with van der Waals surface area (Å²) in [5, 5.41) is 6.38. The average Bonchev–Trinajstić information content (AvgIpc) is 3.20. The summed E-state index contributed by atoms with van der Waals surface area (Å²) in [4.78, 5) is 27.8. The monoisotopic (exact) mass is 381 g/mol. The summed E-state index contributed by atoms with van der Waals surface area (Å²) in [6.45, 7) is -0.422. The zero-order chi connectivity index (χ0) is 19.8. The maximum Gasteiger partial charge on any atom is 0.325 e. The number of nitrogens with zero attached hydrogens (tertiary/aromatic N) is 2. The summed E-state index contributed by atoms with van der Waals surface area (Å²) in [5.74, 6) is 0.218. The molecule has 3 rings (SSSR count). The van der Waals surface area contributed by atoms with Crippen molar-refractivity contribution in [2.45, 2.75) is 13.0 Å². The molecule has 8 heteroatoms. The third-order valence-corrected chi connectivity index (χ3v) is 3.81. The molecule has 28 heavy (non-hydrogen) atoms. The largest absolute Gasteiger partial charge is 0.496 e. The molecule has 1 amide bonds. The Kier molecular flexibility index (Phi) is 6.35. The van der Waals surface area contributed by atoms with Gasteiger partial charge in [0, 0.05) is 0 Å². The highest BCUT2D eigenvalue weighted by Crippen LogP contribution is 2.27. The Morgan fingerprint density at radius 2 is 1.82 bits per heavy atom. The molecule has 2 aromatic carbocycles. The number of benzene rings is 2. The number of para-hydroxylation sites is 1. The Balaban J connectivity index is 1.46. The molecule has 1 N–H and O–H groups in total. The van der Waals surface area contributed by atoms with E-state index >= 15 is 0 Å². The molecule has 0 fully saturated rings. The van der Waals surface area contributed by atoms with Gasteiger partial charge in [0.15, 0.2) is 6.61 Å². The molecule has 8 nitrogen and oxygen atoms in total. The van der Waals surface area contributed by atoms with Crippen molar-refractivity contribution < 1.29 is 23.6 Å². The molecule has 0 bridgehead atoms. The third-order valence-electron chi connectivity index (χ3n) is 3.81. The van der Waals surface area contributed by atoms with Crippen LogP contribution in [0.15, 0.2) is 59.1 Å². The number of hydrogen-bond donors (Lipinski definition) is 1. The van der Waals surface area contributed by atoms with E-state index in [1.165, 1.54) is 0 Å². The van der Waals surface area contributed by atoms with Crippen LogP contribution in [0.25, 0.3) is 11.4 Å². The van der Waals surface area contributed by atoms with Crippen LogP contribution in [-0.2, 0) is 27.4 Å². The lowest BCUT2D eigenvalue weighted by molar-refractivity contribution is -0.145. The van der Waals surface area contributed by atoms with E-state index in [1.807, 2.05) is 42.5 Å². The minimum atomic E-state index is -0.599. The van der Waals surface area contributed by atoms with Gasteiger partial charge in [0.2, 0.25) is 11.7 Å². The molecule has 0 aliphatic rings. The van der Waals surface area contributed by atoms with Gasteiger partial charge in [-0.2, -0.15) is 4.98 Å². The van der Waals surface area contributed by atoms with Crippen molar-refractivity contribution in [2.75, 3.05) is 13.7 Å². The fourth-order valence-corrected chi connectivity index (χ4v) is 2.46. The van der Waals surface area contributed by atoms with Gasteiger partial charge in [-0.05, 0) is 17.7 Å². The Morgan fingerprint density at radius 3 is 2.61 bits per heavy atom. The highest BCUT2D eigenvalue weighted by atomic mass is 16.6. The Morgan fingerprint density at radius 1 is 1.07 bits per heavy atom. The normalized spacial score (nSPS) is 10.3. The van der Waals surface area contributed by atoms with Gasteiger partial charge in [-0.3, -0.25) is 9.59 Å². The van der Waals surface area contributed by atoms with Crippen LogP contribution >= 0.6 is 0 Å². The lowest BCUT2D eigenvalue weighted by Gasteiger charge is -2.05. The SMILES string of the molecule is COc1ccccc1-c1noc(COC(=O)CNC(=O)Cc2ccccc2)n1. The van der Waals surface area contributed by atoms with Crippen LogP contribution in [-0.4, -0.2) is 35.7 Å². The highest BCUT2D eigenvalue weighted by molar-refractivity contribution is 5.83. The maximum atomic E-state index is 11.8. The average molecular weight is 381 g/mol. The molecule has 0 radical (unpaired) electrons. The summed E-state index contributed by atoms with van der Waals surface area (Å²) in [6, 6.07) is 16.5. The summed E-state index contributed by atoms with van der Waals surface area (Å²) in [7, 11) is 1.55. The standard InChI is InChI=1S/C20H19N3O5/c1-26-16-10-6-5-9-15(16)20-22-18(28-23-20)13-27-19(25)12-21-17(24)11-14-7-3-2-4-8-14/h2-10H,11-13H2,1H3,(H,21,24). The predicted molar refractivity (Wildman–Crippen MR) is 99.2 cm³/mol. The van der Waals surface area contributed by atoms with E-state index in [0.717, 1.165) is 5.56 Å². The molecule has 0 saturated heterocycles. The van der Waals surface area contributed by atoms with Crippen LogP contribution in [0, 0.1) is 0 Å². The van der Waals surface area contributed by atoms with Gasteiger partial charge >= 0.3 is 5.97 Å². The van der Waals surface area contributed by atoms with Crippen molar-refractivity contribution in [3.8, 4) is 17.1 Å². The molecule has 144 valence electrons. The summed E-state index contributed by atoms with van der Waals surface area (Å²) < 4.78 is 15.4. The third kappa shape index (κ3) is 5.16. The Hall–Kier alpha value is -3.68. The number of carbonyl (C=O) groups is 2. The molecular weight excluding hydrogens is 362 g/mol. The zero-order valence-corrected chi connectivity index (χ0v) is 15.3. The number of hydrogen-bond acceptors (Lipinski definition) is 7. The van der Waals surface area contributed by atoms with E-state index < -0.39 is 5.97 Å². The van der Waals surface area contributed by atoms with Gasteiger partial charge in [-0.15, -0.1) is 0 Å². The van der Waals surface area contributed by atoms with Gasteiger partial charge in [-0.1, -0.05) is 47.6 Å². The Bertz CT molecular complexity index is 940. The molecule has 3 aromatic rings. The van der Waals surface area contributed by atoms with Crippen molar-refractivity contribution in [3.63, 3.8) is 0 Å². The maximum absolute atomic E-state index is 11.8. The molecule has 1 aromatic heterocycles. The topological polar surface area (TPSA) is 104 Å². The van der Waals surface area contributed by atoms with Gasteiger partial charge in [0.1, 0.15) is 12.3 Å². The van der Waals surface area contributed by atoms with E-state index in [1.54, 1.807) is 19.2 Å². The first kappa shape index (κ1) is 19.1. The number of aromatic nitrogens is 2. The molecule has 1 heterocycles. The molecule has 0 unspecified atom stereocenters. The van der Waals surface area contributed by atoms with E-state index in [0.29, 0.717) is 17.1 Å². The minimum absolute atomic E-state index is 0.143. The van der Waals surface area contributed by atoms with E-state index in [4.69, 9.17) is 14.0 Å². The van der Waals surface area contributed by atoms with E-state index in [-0.39, 0.29) is 31.4 Å². The van der Waals surface area contributed by atoms with Gasteiger partial charge in [0.05, 0.1) is 19.1 Å². The summed E-state index contributed by atoms with van der Waals surface area (Å²) in [6.07, 6.45) is 0.194. The van der Waals surface area contributed by atoms with Crippen LogP contribution in [0.2, 0.25) is 0 Å². The lowest BCUT2D eigenvalue weighted by Crippen LogP contribution is -2.31. The van der Waals surface area contributed by atoms with Crippen molar-refractivity contribution in [1.29, 1.82) is 0 Å². The Labute approximate surface area is 161 Å². The zero-order valence-electron chi connectivity index (χ0n) is 15.3. The number of ether oxygens (including phenoxy) is 2. The van der Waals surface area contributed by atoms with Crippen molar-refractivity contribution in [1.82, 2.24) is 15.5 Å². The number of methoxy groups -OCH3 is 1. The van der Waals surface area contributed by atoms with Crippen molar-refractivity contribution >= 4 is 11.9 Å². The predicted octanol–water partition coefficient (Wildman–Crippen LogP) is 2.15. The van der Waals surface area contributed by atoms with Crippen LogP contribution in [0.3, 0.4) is 0 Å². The van der Waals surface area contributed by atoms with Gasteiger partial charge in [0.25, 0.3) is 5.89 Å². The van der Waals surface area contributed by atoms with Crippen LogP contribution in [0.5, 0.6) is 5.75 Å².